The van der Waals surface area contributed by atoms with Crippen molar-refractivity contribution < 1.29 is 9.59 Å². The topological polar surface area (TPSA) is 75.4 Å². The van der Waals surface area contributed by atoms with Crippen molar-refractivity contribution in [3.63, 3.8) is 0 Å². The minimum Gasteiger partial charge on any atom is -0.352 e. The molecule has 1 saturated carbocycles. The third-order valence-electron chi connectivity index (χ3n) is 4.29. The van der Waals surface area contributed by atoms with E-state index in [2.05, 4.69) is 5.32 Å². The summed E-state index contributed by atoms with van der Waals surface area (Å²) in [5.74, 6) is 0.130. The molecule has 2 rings (SSSR count). The summed E-state index contributed by atoms with van der Waals surface area (Å²) < 4.78 is 0. The monoisotopic (exact) mass is 267 g/mol. The van der Waals surface area contributed by atoms with Gasteiger partial charge < -0.3 is 16.0 Å². The fourth-order valence-corrected chi connectivity index (χ4v) is 3.11. The molecule has 5 nitrogen and oxygen atoms in total. The van der Waals surface area contributed by atoms with Gasteiger partial charge in [-0.3, -0.25) is 9.59 Å². The summed E-state index contributed by atoms with van der Waals surface area (Å²) in [7, 11) is 0. The second-order valence-corrected chi connectivity index (χ2v) is 5.74. The van der Waals surface area contributed by atoms with E-state index in [4.69, 9.17) is 5.73 Å². The van der Waals surface area contributed by atoms with Gasteiger partial charge >= 0.3 is 0 Å². The second kappa shape index (κ2) is 6.37. The number of carbonyl (C=O) groups is 2. The summed E-state index contributed by atoms with van der Waals surface area (Å²) >= 11 is 0. The molecule has 0 aromatic rings. The van der Waals surface area contributed by atoms with Crippen LogP contribution in [-0.2, 0) is 9.59 Å². The normalized spacial score (nSPS) is 29.4. The Hall–Kier alpha value is -1.10. The van der Waals surface area contributed by atoms with Crippen LogP contribution in [-0.4, -0.2) is 41.4 Å². The maximum Gasteiger partial charge on any atom is 0.243 e. The lowest BCUT2D eigenvalue weighted by Crippen LogP contribution is -2.51. The Morgan fingerprint density at radius 1 is 1.42 bits per heavy atom. The highest BCUT2D eigenvalue weighted by Gasteiger charge is 2.32. The summed E-state index contributed by atoms with van der Waals surface area (Å²) in [4.78, 5) is 25.8. The van der Waals surface area contributed by atoms with Crippen LogP contribution in [0, 0.1) is 0 Å². The first kappa shape index (κ1) is 14.3. The number of rotatable bonds is 4. The third-order valence-corrected chi connectivity index (χ3v) is 4.29. The molecule has 0 spiro atoms. The SMILES string of the molecule is CCC(C(=O)NC1CCC(N)CC1)N1CCCC1=O. The predicted molar refractivity (Wildman–Crippen MR) is 73.4 cm³/mol. The Labute approximate surface area is 114 Å². The van der Waals surface area contributed by atoms with Crippen LogP contribution >= 0.6 is 0 Å². The van der Waals surface area contributed by atoms with Crippen molar-refractivity contribution in [1.82, 2.24) is 10.2 Å². The highest BCUT2D eigenvalue weighted by molar-refractivity contribution is 5.88. The first-order chi connectivity index (χ1) is 9.11. The van der Waals surface area contributed by atoms with Crippen molar-refractivity contribution in [2.75, 3.05) is 6.54 Å². The molecule has 0 bridgehead atoms. The fraction of sp³-hybridized carbons (Fsp3) is 0.857. The smallest absolute Gasteiger partial charge is 0.243 e. The number of likely N-dealkylation sites (tertiary alicyclic amines) is 1. The number of amides is 2. The van der Waals surface area contributed by atoms with E-state index < -0.39 is 0 Å². The summed E-state index contributed by atoms with van der Waals surface area (Å²) in [5.41, 5.74) is 5.87. The van der Waals surface area contributed by atoms with Gasteiger partial charge in [0.05, 0.1) is 0 Å². The van der Waals surface area contributed by atoms with Gasteiger partial charge in [-0.1, -0.05) is 6.92 Å². The van der Waals surface area contributed by atoms with E-state index >= 15 is 0 Å². The molecular weight excluding hydrogens is 242 g/mol. The van der Waals surface area contributed by atoms with E-state index in [0.29, 0.717) is 12.8 Å². The van der Waals surface area contributed by atoms with Crippen LogP contribution < -0.4 is 11.1 Å². The molecule has 3 N–H and O–H groups in total. The number of carbonyl (C=O) groups excluding carboxylic acids is 2. The molecule has 108 valence electrons. The minimum atomic E-state index is -0.286. The molecule has 5 heteroatoms. The Kier molecular flexibility index (Phi) is 4.80. The van der Waals surface area contributed by atoms with Crippen molar-refractivity contribution in [2.45, 2.75) is 70.0 Å². The van der Waals surface area contributed by atoms with E-state index in [-0.39, 0.29) is 29.9 Å². The molecule has 0 aromatic heterocycles. The zero-order valence-electron chi connectivity index (χ0n) is 11.7. The van der Waals surface area contributed by atoms with Gasteiger partial charge in [0.1, 0.15) is 6.04 Å². The largest absolute Gasteiger partial charge is 0.352 e. The van der Waals surface area contributed by atoms with Gasteiger partial charge in [0, 0.05) is 25.0 Å². The van der Waals surface area contributed by atoms with E-state index in [1.54, 1.807) is 4.90 Å². The lowest BCUT2D eigenvalue weighted by atomic mass is 9.91. The van der Waals surface area contributed by atoms with Gasteiger partial charge in [-0.25, -0.2) is 0 Å². The van der Waals surface area contributed by atoms with Crippen molar-refractivity contribution >= 4 is 11.8 Å². The van der Waals surface area contributed by atoms with E-state index in [1.807, 2.05) is 6.92 Å². The van der Waals surface area contributed by atoms with Gasteiger partial charge in [-0.15, -0.1) is 0 Å². The van der Waals surface area contributed by atoms with Crippen LogP contribution in [0.2, 0.25) is 0 Å². The second-order valence-electron chi connectivity index (χ2n) is 5.74. The zero-order valence-corrected chi connectivity index (χ0v) is 11.7. The summed E-state index contributed by atoms with van der Waals surface area (Å²) in [6.45, 7) is 2.69. The number of hydrogen-bond acceptors (Lipinski definition) is 3. The number of nitrogens with two attached hydrogens (primary N) is 1. The molecule has 1 unspecified atom stereocenters. The average Bonchev–Trinajstić information content (AvgIpc) is 2.80. The van der Waals surface area contributed by atoms with Gasteiger partial charge in [-0.05, 0) is 38.5 Å². The molecular formula is C14H25N3O2. The Morgan fingerprint density at radius 2 is 2.11 bits per heavy atom. The first-order valence-electron chi connectivity index (χ1n) is 7.47. The third kappa shape index (κ3) is 3.47. The minimum absolute atomic E-state index is 0.0122. The van der Waals surface area contributed by atoms with Crippen LogP contribution in [0.25, 0.3) is 0 Å². The lowest BCUT2D eigenvalue weighted by Gasteiger charge is -2.31. The van der Waals surface area contributed by atoms with Crippen LogP contribution in [0.4, 0.5) is 0 Å². The molecule has 2 amide bonds. The summed E-state index contributed by atoms with van der Waals surface area (Å²) in [6.07, 6.45) is 6.01. The molecule has 1 aliphatic carbocycles. The highest BCUT2D eigenvalue weighted by Crippen LogP contribution is 2.19. The molecule has 1 atom stereocenters. The molecule has 1 saturated heterocycles. The average molecular weight is 267 g/mol. The van der Waals surface area contributed by atoms with Crippen LogP contribution in [0.1, 0.15) is 51.9 Å². The van der Waals surface area contributed by atoms with Crippen molar-refractivity contribution in [1.29, 1.82) is 0 Å². The Bertz CT molecular complexity index is 338. The molecule has 2 aliphatic rings. The van der Waals surface area contributed by atoms with E-state index in [9.17, 15) is 9.59 Å². The Balaban J connectivity index is 1.88. The van der Waals surface area contributed by atoms with Gasteiger partial charge in [0.15, 0.2) is 0 Å². The van der Waals surface area contributed by atoms with Crippen LogP contribution in [0.3, 0.4) is 0 Å². The van der Waals surface area contributed by atoms with Crippen molar-refractivity contribution in [3.8, 4) is 0 Å². The van der Waals surface area contributed by atoms with E-state index in [1.165, 1.54) is 0 Å². The maximum atomic E-state index is 12.3. The number of nitrogens with one attached hydrogen (secondary N) is 1. The molecule has 2 fully saturated rings. The molecule has 0 aromatic carbocycles. The summed E-state index contributed by atoms with van der Waals surface area (Å²) in [6, 6.07) is 0.236. The number of hydrogen-bond donors (Lipinski definition) is 2. The van der Waals surface area contributed by atoms with Gasteiger partial charge in [0.25, 0.3) is 0 Å². The first-order valence-corrected chi connectivity index (χ1v) is 7.47. The lowest BCUT2D eigenvalue weighted by molar-refractivity contribution is -0.138. The molecule has 0 radical (unpaired) electrons. The molecule has 19 heavy (non-hydrogen) atoms. The maximum absolute atomic E-state index is 12.3. The Morgan fingerprint density at radius 3 is 2.63 bits per heavy atom. The molecule has 1 aliphatic heterocycles. The van der Waals surface area contributed by atoms with Gasteiger partial charge in [0.2, 0.25) is 11.8 Å². The molecule has 1 heterocycles. The van der Waals surface area contributed by atoms with E-state index in [0.717, 1.165) is 38.6 Å². The van der Waals surface area contributed by atoms with Crippen LogP contribution in [0.5, 0.6) is 0 Å². The summed E-state index contributed by atoms with van der Waals surface area (Å²) in [5, 5.41) is 3.10. The fourth-order valence-electron chi connectivity index (χ4n) is 3.11. The predicted octanol–water partition coefficient (Wildman–Crippen LogP) is 0.774. The number of nitrogens with zero attached hydrogens (tertiary/aromatic N) is 1. The standard InChI is InChI=1S/C14H25N3O2/c1-2-12(17-9-3-4-13(17)18)14(19)16-11-7-5-10(15)6-8-11/h10-12H,2-9,15H2,1H3,(H,16,19). The van der Waals surface area contributed by atoms with Crippen molar-refractivity contribution in [3.05, 3.63) is 0 Å². The zero-order chi connectivity index (χ0) is 13.8. The van der Waals surface area contributed by atoms with Crippen LogP contribution in [0.15, 0.2) is 0 Å². The van der Waals surface area contributed by atoms with Gasteiger partial charge in [-0.2, -0.15) is 0 Å². The quantitative estimate of drug-likeness (QED) is 0.790. The van der Waals surface area contributed by atoms with Crippen molar-refractivity contribution in [2.24, 2.45) is 5.73 Å². The highest BCUT2D eigenvalue weighted by atomic mass is 16.2.